The second kappa shape index (κ2) is 5.78. The molecule has 2 rings (SSSR count). The fraction of sp³-hybridized carbons (Fsp3) is 0.769. The fourth-order valence-corrected chi connectivity index (χ4v) is 2.44. The van der Waals surface area contributed by atoms with Crippen LogP contribution in [0.1, 0.15) is 26.7 Å². The van der Waals surface area contributed by atoms with Gasteiger partial charge in [-0.15, -0.1) is 4.98 Å². The minimum atomic E-state index is -0.638. The van der Waals surface area contributed by atoms with Crippen molar-refractivity contribution in [3.8, 4) is 12.0 Å². The molecule has 0 atom stereocenters. The van der Waals surface area contributed by atoms with Gasteiger partial charge in [-0.2, -0.15) is 9.97 Å². The van der Waals surface area contributed by atoms with Crippen LogP contribution in [-0.2, 0) is 0 Å². The van der Waals surface area contributed by atoms with Gasteiger partial charge in [0.15, 0.2) is 0 Å². The third-order valence-electron chi connectivity index (χ3n) is 3.72. The van der Waals surface area contributed by atoms with Crippen molar-refractivity contribution in [2.45, 2.75) is 32.3 Å². The van der Waals surface area contributed by atoms with Crippen LogP contribution in [0.4, 0.5) is 5.95 Å². The van der Waals surface area contributed by atoms with E-state index in [0.29, 0.717) is 11.9 Å². The lowest BCUT2D eigenvalue weighted by atomic mass is 9.83. The smallest absolute Gasteiger partial charge is 0.324 e. The summed E-state index contributed by atoms with van der Waals surface area (Å²) in [7, 11) is 3.03. The first kappa shape index (κ1) is 14.8. The molecule has 1 aliphatic heterocycles. The maximum Gasteiger partial charge on any atom is 0.324 e. The second-order valence-corrected chi connectivity index (χ2v) is 5.52. The molecule has 20 heavy (non-hydrogen) atoms. The Balaban J connectivity index is 2.10. The molecule has 1 aromatic rings. The summed E-state index contributed by atoms with van der Waals surface area (Å²) in [6.45, 7) is 5.32. The number of hydrogen-bond donors (Lipinski definition) is 1. The number of rotatable bonds is 4. The van der Waals surface area contributed by atoms with Crippen molar-refractivity contribution in [2.24, 2.45) is 5.92 Å². The van der Waals surface area contributed by atoms with Gasteiger partial charge in [0.05, 0.1) is 19.8 Å². The Morgan fingerprint density at radius 3 is 1.95 bits per heavy atom. The largest absolute Gasteiger partial charge is 0.467 e. The summed E-state index contributed by atoms with van der Waals surface area (Å²) in [6.07, 6.45) is 1.81. The summed E-state index contributed by atoms with van der Waals surface area (Å²) in [5, 5.41) is 10.1. The topological polar surface area (TPSA) is 80.6 Å². The molecular formula is C13H22N4O3. The zero-order chi connectivity index (χ0) is 14.8. The molecule has 0 amide bonds. The van der Waals surface area contributed by atoms with Crippen LogP contribution in [-0.4, -0.2) is 53.0 Å². The number of nitrogens with zero attached hydrogens (tertiary/aromatic N) is 4. The predicted octanol–water partition coefficient (Wildman–Crippen LogP) is 0.876. The first-order chi connectivity index (χ1) is 9.44. The highest BCUT2D eigenvalue weighted by Crippen LogP contribution is 2.29. The highest BCUT2D eigenvalue weighted by atomic mass is 16.5. The predicted molar refractivity (Wildman–Crippen MR) is 74.2 cm³/mol. The molecule has 7 heteroatoms. The van der Waals surface area contributed by atoms with Crippen LogP contribution in [0.5, 0.6) is 12.0 Å². The van der Waals surface area contributed by atoms with Crippen molar-refractivity contribution in [3.63, 3.8) is 0 Å². The van der Waals surface area contributed by atoms with Gasteiger partial charge in [0.2, 0.25) is 5.95 Å². The van der Waals surface area contributed by atoms with Gasteiger partial charge in [0.1, 0.15) is 0 Å². The number of ether oxygens (including phenoxy) is 2. The minimum Gasteiger partial charge on any atom is -0.467 e. The summed E-state index contributed by atoms with van der Waals surface area (Å²) in [5.41, 5.74) is -0.638. The van der Waals surface area contributed by atoms with E-state index >= 15 is 0 Å². The first-order valence-electron chi connectivity index (χ1n) is 6.75. The molecule has 0 spiro atoms. The molecule has 1 N–H and O–H groups in total. The maximum atomic E-state index is 10.1. The number of aliphatic hydroxyl groups is 1. The molecule has 1 fully saturated rings. The third-order valence-corrected chi connectivity index (χ3v) is 3.72. The molecule has 2 heterocycles. The minimum absolute atomic E-state index is 0.247. The van der Waals surface area contributed by atoms with Gasteiger partial charge >= 0.3 is 12.0 Å². The summed E-state index contributed by atoms with van der Waals surface area (Å²) in [6, 6.07) is 0.493. The van der Waals surface area contributed by atoms with Crippen LogP contribution in [0.3, 0.4) is 0 Å². The van der Waals surface area contributed by atoms with Crippen LogP contribution in [0.15, 0.2) is 0 Å². The molecule has 7 nitrogen and oxygen atoms in total. The summed E-state index contributed by atoms with van der Waals surface area (Å²) in [4.78, 5) is 14.5. The Labute approximate surface area is 119 Å². The van der Waals surface area contributed by atoms with Gasteiger partial charge in [0.25, 0.3) is 0 Å². The Kier molecular flexibility index (Phi) is 4.27. The van der Waals surface area contributed by atoms with Crippen LogP contribution >= 0.6 is 0 Å². The van der Waals surface area contributed by atoms with E-state index in [2.05, 4.69) is 19.9 Å². The Hall–Kier alpha value is -1.63. The summed E-state index contributed by atoms with van der Waals surface area (Å²) < 4.78 is 10.1. The molecule has 0 radical (unpaired) electrons. The van der Waals surface area contributed by atoms with E-state index in [9.17, 15) is 5.11 Å². The Morgan fingerprint density at radius 2 is 1.55 bits per heavy atom. The zero-order valence-corrected chi connectivity index (χ0v) is 12.5. The van der Waals surface area contributed by atoms with Gasteiger partial charge in [-0.1, -0.05) is 0 Å². The highest BCUT2D eigenvalue weighted by molar-refractivity contribution is 5.32. The fourth-order valence-electron chi connectivity index (χ4n) is 2.44. The molecule has 1 aromatic heterocycles. The monoisotopic (exact) mass is 282 g/mol. The molecule has 112 valence electrons. The number of anilines is 1. The van der Waals surface area contributed by atoms with E-state index in [1.165, 1.54) is 14.2 Å². The van der Waals surface area contributed by atoms with E-state index in [1.807, 2.05) is 13.8 Å². The lowest BCUT2D eigenvalue weighted by Gasteiger charge is -2.37. The zero-order valence-electron chi connectivity index (χ0n) is 12.5. The molecule has 1 aliphatic rings. The molecule has 0 bridgehead atoms. The lowest BCUT2D eigenvalue weighted by Crippen LogP contribution is -2.42. The summed E-state index contributed by atoms with van der Waals surface area (Å²) >= 11 is 0. The lowest BCUT2D eigenvalue weighted by molar-refractivity contribution is 0.00637. The van der Waals surface area contributed by atoms with Gasteiger partial charge < -0.3 is 19.5 Å². The second-order valence-electron chi connectivity index (χ2n) is 5.52. The standard InChI is InChI=1S/C13H22N4O3/c1-13(2,18)9-5-7-17(8-6-9)10-14-11(19-3)16-12(15-10)20-4/h9,18H,5-8H2,1-4H3. The van der Waals surface area contributed by atoms with Crippen LogP contribution in [0.2, 0.25) is 0 Å². The average molecular weight is 282 g/mol. The van der Waals surface area contributed by atoms with Crippen molar-refractivity contribution in [1.82, 2.24) is 15.0 Å². The van der Waals surface area contributed by atoms with Crippen molar-refractivity contribution >= 4 is 5.95 Å². The quantitative estimate of drug-likeness (QED) is 0.877. The highest BCUT2D eigenvalue weighted by Gasteiger charge is 2.31. The number of hydrogen-bond acceptors (Lipinski definition) is 7. The maximum absolute atomic E-state index is 10.1. The third kappa shape index (κ3) is 3.27. The van der Waals surface area contributed by atoms with Crippen molar-refractivity contribution in [3.05, 3.63) is 0 Å². The van der Waals surface area contributed by atoms with E-state index in [4.69, 9.17) is 9.47 Å². The van der Waals surface area contributed by atoms with E-state index in [0.717, 1.165) is 25.9 Å². The van der Waals surface area contributed by atoms with Crippen molar-refractivity contribution < 1.29 is 14.6 Å². The van der Waals surface area contributed by atoms with E-state index in [-0.39, 0.29) is 12.0 Å². The van der Waals surface area contributed by atoms with Crippen LogP contribution in [0.25, 0.3) is 0 Å². The van der Waals surface area contributed by atoms with Crippen molar-refractivity contribution in [2.75, 3.05) is 32.2 Å². The van der Waals surface area contributed by atoms with Gasteiger partial charge in [-0.05, 0) is 32.6 Å². The van der Waals surface area contributed by atoms with E-state index < -0.39 is 5.60 Å². The van der Waals surface area contributed by atoms with Gasteiger partial charge in [-0.3, -0.25) is 0 Å². The molecule has 0 unspecified atom stereocenters. The molecule has 0 aromatic carbocycles. The SMILES string of the molecule is COc1nc(OC)nc(N2CCC(C(C)(C)O)CC2)n1. The van der Waals surface area contributed by atoms with Crippen LogP contribution < -0.4 is 14.4 Å². The number of aromatic nitrogens is 3. The van der Waals surface area contributed by atoms with Gasteiger partial charge in [0, 0.05) is 13.1 Å². The number of piperidine rings is 1. The normalized spacial score (nSPS) is 17.1. The first-order valence-corrected chi connectivity index (χ1v) is 6.75. The Morgan fingerprint density at radius 1 is 1.05 bits per heavy atom. The Bertz CT molecular complexity index is 431. The van der Waals surface area contributed by atoms with Gasteiger partial charge in [-0.25, -0.2) is 0 Å². The number of methoxy groups -OCH3 is 2. The molecule has 1 saturated heterocycles. The molecule has 0 saturated carbocycles. The van der Waals surface area contributed by atoms with Crippen LogP contribution in [0, 0.1) is 5.92 Å². The average Bonchev–Trinajstić information content (AvgIpc) is 2.46. The van der Waals surface area contributed by atoms with E-state index in [1.54, 1.807) is 0 Å². The molecular weight excluding hydrogens is 260 g/mol. The molecule has 0 aliphatic carbocycles. The summed E-state index contributed by atoms with van der Waals surface area (Å²) in [5.74, 6) is 0.854. The van der Waals surface area contributed by atoms with Crippen molar-refractivity contribution in [1.29, 1.82) is 0 Å².